The van der Waals surface area contributed by atoms with E-state index in [0.29, 0.717) is 0 Å². The van der Waals surface area contributed by atoms with Crippen LogP contribution in [0.4, 0.5) is 0 Å². The molecule has 0 spiro atoms. The number of hydrogen-bond donors (Lipinski definition) is 1. The van der Waals surface area contributed by atoms with E-state index in [1.54, 1.807) is 6.08 Å². The van der Waals surface area contributed by atoms with Crippen molar-refractivity contribution in [3.63, 3.8) is 0 Å². The van der Waals surface area contributed by atoms with Gasteiger partial charge < -0.3 is 5.11 Å². The van der Waals surface area contributed by atoms with E-state index in [-0.39, 0.29) is 0 Å². The van der Waals surface area contributed by atoms with E-state index in [1.807, 2.05) is 0 Å². The van der Waals surface area contributed by atoms with Gasteiger partial charge in [0.05, 0.1) is 0 Å². The number of hydrogen-bond acceptors (Lipinski definition) is 1. The van der Waals surface area contributed by atoms with Gasteiger partial charge in [-0.05, 0) is 44.9 Å². The Morgan fingerprint density at radius 2 is 1.23 bits per heavy atom. The molecule has 2 heteroatoms. The van der Waals surface area contributed by atoms with Gasteiger partial charge in [0.15, 0.2) is 0 Å². The molecule has 0 radical (unpaired) electrons. The Kier molecular flexibility index (Phi) is 16.7. The minimum Gasteiger partial charge on any atom is -0.478 e. The van der Waals surface area contributed by atoms with Crippen LogP contribution in [0.2, 0.25) is 0 Å². The fourth-order valence-corrected chi connectivity index (χ4v) is 2.26. The van der Waals surface area contributed by atoms with E-state index >= 15 is 0 Å². The van der Waals surface area contributed by atoms with Crippen LogP contribution in [0, 0.1) is 0 Å². The number of unbranched alkanes of at least 4 members (excludes halogenated alkanes) is 9. The largest absolute Gasteiger partial charge is 0.478 e. The first-order chi connectivity index (χ1) is 10.8. The molecule has 2 nitrogen and oxygen atoms in total. The third-order valence-corrected chi connectivity index (χ3v) is 3.58. The zero-order valence-corrected chi connectivity index (χ0v) is 14.3. The van der Waals surface area contributed by atoms with Gasteiger partial charge in [0.25, 0.3) is 0 Å². The molecule has 0 aromatic heterocycles. The lowest BCUT2D eigenvalue weighted by molar-refractivity contribution is -0.131. The highest BCUT2D eigenvalue weighted by Gasteiger charge is 1.88. The molecule has 0 bridgehead atoms. The van der Waals surface area contributed by atoms with Crippen molar-refractivity contribution in [2.45, 2.75) is 84.0 Å². The summed E-state index contributed by atoms with van der Waals surface area (Å²) in [5.74, 6) is -0.854. The second-order valence-electron chi connectivity index (χ2n) is 5.76. The van der Waals surface area contributed by atoms with Crippen molar-refractivity contribution in [1.29, 1.82) is 0 Å². The fraction of sp³-hybridized carbons (Fsp3) is 0.650. The summed E-state index contributed by atoms with van der Waals surface area (Å²) in [6, 6.07) is 0. The normalized spacial score (nSPS) is 12.0. The highest BCUT2D eigenvalue weighted by atomic mass is 16.4. The third kappa shape index (κ3) is 18.7. The van der Waals surface area contributed by atoms with Crippen LogP contribution in [-0.2, 0) is 4.79 Å². The Labute approximate surface area is 137 Å². The van der Waals surface area contributed by atoms with E-state index < -0.39 is 5.97 Å². The molecule has 0 aromatic rings. The average molecular weight is 306 g/mol. The molecule has 0 heterocycles. The summed E-state index contributed by atoms with van der Waals surface area (Å²) < 4.78 is 0. The lowest BCUT2D eigenvalue weighted by Gasteiger charge is -1.97. The molecule has 0 aliphatic heterocycles. The first kappa shape index (κ1) is 20.7. The summed E-state index contributed by atoms with van der Waals surface area (Å²) >= 11 is 0. The third-order valence-electron chi connectivity index (χ3n) is 3.58. The Bertz CT molecular complexity index is 327. The second kappa shape index (κ2) is 17.7. The van der Waals surface area contributed by atoms with Crippen molar-refractivity contribution >= 4 is 5.97 Å². The van der Waals surface area contributed by atoms with Crippen molar-refractivity contribution in [2.24, 2.45) is 0 Å². The fourth-order valence-electron chi connectivity index (χ4n) is 2.26. The SMILES string of the molecule is CCCCCCCC/C=C\C/C=C\CCCC/C=C/C(=O)O. The van der Waals surface area contributed by atoms with Crippen molar-refractivity contribution in [2.75, 3.05) is 0 Å². The van der Waals surface area contributed by atoms with Gasteiger partial charge in [0.2, 0.25) is 0 Å². The maximum Gasteiger partial charge on any atom is 0.327 e. The molecule has 0 aromatic carbocycles. The lowest BCUT2D eigenvalue weighted by Crippen LogP contribution is -1.85. The first-order valence-electron chi connectivity index (χ1n) is 8.96. The van der Waals surface area contributed by atoms with Crippen molar-refractivity contribution in [3.8, 4) is 0 Å². The van der Waals surface area contributed by atoms with Crippen molar-refractivity contribution in [1.82, 2.24) is 0 Å². The summed E-state index contributed by atoms with van der Waals surface area (Å²) in [6.07, 6.45) is 26.6. The number of rotatable bonds is 15. The van der Waals surface area contributed by atoms with Gasteiger partial charge in [-0.25, -0.2) is 4.79 Å². The zero-order chi connectivity index (χ0) is 16.3. The first-order valence-corrected chi connectivity index (χ1v) is 8.96. The number of carboxylic acids is 1. The molecule has 0 aliphatic rings. The molecular formula is C20H34O2. The van der Waals surface area contributed by atoms with Gasteiger partial charge in [0, 0.05) is 6.08 Å². The number of carboxylic acid groups (broad SMARTS) is 1. The molecule has 0 saturated heterocycles. The van der Waals surface area contributed by atoms with Crippen LogP contribution in [0.15, 0.2) is 36.5 Å². The van der Waals surface area contributed by atoms with Gasteiger partial charge in [-0.15, -0.1) is 0 Å². The molecule has 0 saturated carbocycles. The Morgan fingerprint density at radius 1 is 0.727 bits per heavy atom. The molecule has 0 aliphatic carbocycles. The Morgan fingerprint density at radius 3 is 1.82 bits per heavy atom. The van der Waals surface area contributed by atoms with Crippen LogP contribution in [0.3, 0.4) is 0 Å². The lowest BCUT2D eigenvalue weighted by atomic mass is 10.1. The number of aliphatic carboxylic acids is 1. The molecule has 0 fully saturated rings. The highest BCUT2D eigenvalue weighted by Crippen LogP contribution is 2.07. The summed E-state index contributed by atoms with van der Waals surface area (Å²) in [6.45, 7) is 2.26. The average Bonchev–Trinajstić information content (AvgIpc) is 2.50. The van der Waals surface area contributed by atoms with Crippen molar-refractivity contribution < 1.29 is 9.90 Å². The molecule has 1 N–H and O–H groups in total. The minimum absolute atomic E-state index is 0.854. The summed E-state index contributed by atoms with van der Waals surface area (Å²) in [7, 11) is 0. The van der Waals surface area contributed by atoms with Gasteiger partial charge in [-0.3, -0.25) is 0 Å². The summed E-state index contributed by atoms with van der Waals surface area (Å²) in [4.78, 5) is 10.3. The zero-order valence-electron chi connectivity index (χ0n) is 14.3. The minimum atomic E-state index is -0.854. The number of carbonyl (C=O) groups is 1. The van der Waals surface area contributed by atoms with E-state index in [9.17, 15) is 4.79 Å². The highest BCUT2D eigenvalue weighted by molar-refractivity contribution is 5.79. The molecule has 0 unspecified atom stereocenters. The molecule has 126 valence electrons. The van der Waals surface area contributed by atoms with Gasteiger partial charge in [-0.1, -0.05) is 69.4 Å². The smallest absolute Gasteiger partial charge is 0.327 e. The Hall–Kier alpha value is -1.31. The van der Waals surface area contributed by atoms with Crippen LogP contribution in [0.25, 0.3) is 0 Å². The van der Waals surface area contributed by atoms with E-state index in [0.717, 1.165) is 32.1 Å². The summed E-state index contributed by atoms with van der Waals surface area (Å²) in [5.41, 5.74) is 0. The predicted molar refractivity (Wildman–Crippen MR) is 96.1 cm³/mol. The summed E-state index contributed by atoms with van der Waals surface area (Å²) in [5, 5.41) is 8.43. The Balaban J connectivity index is 3.25. The van der Waals surface area contributed by atoms with E-state index in [2.05, 4.69) is 31.2 Å². The number of allylic oxidation sites excluding steroid dienone is 5. The quantitative estimate of drug-likeness (QED) is 0.215. The van der Waals surface area contributed by atoms with Crippen LogP contribution >= 0.6 is 0 Å². The standard InChI is InChI=1S/C20H34O2/c1-2-3-4-5-6-7-8-9-10-11-12-13-14-15-16-17-18-19-20(21)22/h9-10,12-13,18-19H,2-8,11,14-17H2,1H3,(H,21,22)/b10-9-,13-12-,19-18+. The van der Waals surface area contributed by atoms with Crippen LogP contribution in [-0.4, -0.2) is 11.1 Å². The molecule has 0 rings (SSSR count). The molecular weight excluding hydrogens is 272 g/mol. The monoisotopic (exact) mass is 306 g/mol. The second-order valence-corrected chi connectivity index (χ2v) is 5.76. The predicted octanol–water partition coefficient (Wildman–Crippen LogP) is 6.44. The van der Waals surface area contributed by atoms with Crippen LogP contribution in [0.5, 0.6) is 0 Å². The molecule has 0 atom stereocenters. The van der Waals surface area contributed by atoms with Gasteiger partial charge >= 0.3 is 5.97 Å². The topological polar surface area (TPSA) is 37.3 Å². The van der Waals surface area contributed by atoms with Gasteiger partial charge in [-0.2, -0.15) is 0 Å². The maximum absolute atomic E-state index is 10.3. The van der Waals surface area contributed by atoms with Crippen molar-refractivity contribution in [3.05, 3.63) is 36.5 Å². The van der Waals surface area contributed by atoms with E-state index in [4.69, 9.17) is 5.11 Å². The van der Waals surface area contributed by atoms with Gasteiger partial charge in [0.1, 0.15) is 0 Å². The van der Waals surface area contributed by atoms with Crippen LogP contribution in [0.1, 0.15) is 84.0 Å². The molecule has 22 heavy (non-hydrogen) atoms. The van der Waals surface area contributed by atoms with E-state index in [1.165, 1.54) is 51.0 Å². The van der Waals surface area contributed by atoms with Crippen LogP contribution < -0.4 is 0 Å². The maximum atomic E-state index is 10.3. The molecule has 0 amide bonds.